The fraction of sp³-hybridized carbons (Fsp3) is 0.643. The molecule has 2 fully saturated rings. The average molecular weight is 263 g/mol. The first kappa shape index (κ1) is 12.8. The lowest BCUT2D eigenvalue weighted by atomic mass is 10.2. The lowest BCUT2D eigenvalue weighted by Gasteiger charge is -2.32. The van der Waals surface area contributed by atoms with Gasteiger partial charge in [0.05, 0.1) is 31.7 Å². The van der Waals surface area contributed by atoms with E-state index in [1.165, 1.54) is 6.42 Å². The van der Waals surface area contributed by atoms with Gasteiger partial charge in [-0.3, -0.25) is 9.88 Å². The van der Waals surface area contributed by atoms with E-state index in [0.717, 1.165) is 50.6 Å². The van der Waals surface area contributed by atoms with Gasteiger partial charge in [0.1, 0.15) is 0 Å². The van der Waals surface area contributed by atoms with Gasteiger partial charge in [-0.2, -0.15) is 0 Å². The summed E-state index contributed by atoms with van der Waals surface area (Å²) < 4.78 is 5.41. The minimum Gasteiger partial charge on any atom is -0.392 e. The van der Waals surface area contributed by atoms with Gasteiger partial charge in [0.15, 0.2) is 0 Å². The summed E-state index contributed by atoms with van der Waals surface area (Å²) in [4.78, 5) is 9.06. The van der Waals surface area contributed by atoms with E-state index in [4.69, 9.17) is 4.74 Å². The van der Waals surface area contributed by atoms with Crippen LogP contribution in [0.3, 0.4) is 0 Å². The Labute approximate surface area is 113 Å². The van der Waals surface area contributed by atoms with Crippen molar-refractivity contribution in [3.8, 4) is 0 Å². The van der Waals surface area contributed by atoms with Gasteiger partial charge in [-0.05, 0) is 12.5 Å². The van der Waals surface area contributed by atoms with Crippen molar-refractivity contribution < 1.29 is 9.84 Å². The van der Waals surface area contributed by atoms with Crippen molar-refractivity contribution in [1.82, 2.24) is 9.88 Å². The third kappa shape index (κ3) is 2.73. The number of morpholine rings is 1. The number of nitrogens with zero attached hydrogens (tertiary/aromatic N) is 3. The molecule has 1 aromatic rings. The van der Waals surface area contributed by atoms with Crippen molar-refractivity contribution >= 4 is 5.69 Å². The standard InChI is InChI=1S/C14H21N3O2/c18-11-12-1-3-15-9-14(12)17-4-2-13(10-17)16-5-7-19-8-6-16/h1,3,9,13,18H,2,4-8,10-11H2. The summed E-state index contributed by atoms with van der Waals surface area (Å²) in [7, 11) is 0. The van der Waals surface area contributed by atoms with Crippen LogP contribution < -0.4 is 4.90 Å². The number of aliphatic hydroxyl groups is 1. The number of hydrogen-bond donors (Lipinski definition) is 1. The van der Waals surface area contributed by atoms with Gasteiger partial charge in [-0.25, -0.2) is 0 Å². The molecule has 2 aliphatic rings. The van der Waals surface area contributed by atoms with E-state index in [1.54, 1.807) is 6.20 Å². The topological polar surface area (TPSA) is 48.8 Å². The number of aromatic nitrogens is 1. The molecule has 1 unspecified atom stereocenters. The highest BCUT2D eigenvalue weighted by Gasteiger charge is 2.29. The summed E-state index contributed by atoms with van der Waals surface area (Å²) in [5.74, 6) is 0. The van der Waals surface area contributed by atoms with E-state index in [9.17, 15) is 5.11 Å². The van der Waals surface area contributed by atoms with Crippen molar-refractivity contribution in [3.63, 3.8) is 0 Å². The maximum Gasteiger partial charge on any atom is 0.0703 e. The van der Waals surface area contributed by atoms with Gasteiger partial charge in [0, 0.05) is 44.0 Å². The molecule has 0 saturated carbocycles. The number of aliphatic hydroxyl groups excluding tert-OH is 1. The summed E-state index contributed by atoms with van der Waals surface area (Å²) in [6.45, 7) is 5.93. The first-order valence-electron chi connectivity index (χ1n) is 6.99. The largest absolute Gasteiger partial charge is 0.392 e. The average Bonchev–Trinajstić information content (AvgIpc) is 2.98. The SMILES string of the molecule is OCc1ccncc1N1CCC(N2CCOCC2)C1. The van der Waals surface area contributed by atoms with Crippen LogP contribution >= 0.6 is 0 Å². The molecule has 2 aliphatic heterocycles. The number of hydrogen-bond acceptors (Lipinski definition) is 5. The Hall–Kier alpha value is -1.17. The van der Waals surface area contributed by atoms with Gasteiger partial charge in [-0.1, -0.05) is 0 Å². The zero-order valence-corrected chi connectivity index (χ0v) is 11.2. The highest BCUT2D eigenvalue weighted by atomic mass is 16.5. The second-order valence-corrected chi connectivity index (χ2v) is 5.20. The zero-order chi connectivity index (χ0) is 13.1. The predicted octanol–water partition coefficient (Wildman–Crippen LogP) is 0.485. The quantitative estimate of drug-likeness (QED) is 0.860. The van der Waals surface area contributed by atoms with Crippen LogP contribution in [-0.2, 0) is 11.3 Å². The second kappa shape index (κ2) is 5.86. The Morgan fingerprint density at radius 2 is 2.16 bits per heavy atom. The van der Waals surface area contributed by atoms with Gasteiger partial charge >= 0.3 is 0 Å². The number of rotatable bonds is 3. The fourth-order valence-corrected chi connectivity index (χ4v) is 3.03. The monoisotopic (exact) mass is 263 g/mol. The third-order valence-electron chi connectivity index (χ3n) is 4.12. The lowest BCUT2D eigenvalue weighted by Crippen LogP contribution is -2.44. The summed E-state index contributed by atoms with van der Waals surface area (Å²) in [5, 5.41) is 9.41. The molecule has 5 nitrogen and oxygen atoms in total. The van der Waals surface area contributed by atoms with Crippen molar-refractivity contribution in [2.24, 2.45) is 0 Å². The molecular weight excluding hydrogens is 242 g/mol. The molecule has 0 spiro atoms. The van der Waals surface area contributed by atoms with Crippen LogP contribution in [-0.4, -0.2) is 60.4 Å². The molecule has 0 aromatic carbocycles. The first-order valence-corrected chi connectivity index (χ1v) is 6.99. The third-order valence-corrected chi connectivity index (χ3v) is 4.12. The molecular formula is C14H21N3O2. The van der Waals surface area contributed by atoms with Crippen LogP contribution in [0.4, 0.5) is 5.69 Å². The summed E-state index contributed by atoms with van der Waals surface area (Å²) in [5.41, 5.74) is 2.05. The van der Waals surface area contributed by atoms with Gasteiger partial charge in [0.2, 0.25) is 0 Å². The van der Waals surface area contributed by atoms with Gasteiger partial charge < -0.3 is 14.7 Å². The highest BCUT2D eigenvalue weighted by Crippen LogP contribution is 2.26. The molecule has 1 aromatic heterocycles. The fourth-order valence-electron chi connectivity index (χ4n) is 3.03. The van der Waals surface area contributed by atoms with E-state index < -0.39 is 0 Å². The van der Waals surface area contributed by atoms with Crippen LogP contribution in [0.25, 0.3) is 0 Å². The predicted molar refractivity (Wildman–Crippen MR) is 73.2 cm³/mol. The molecule has 3 heterocycles. The van der Waals surface area contributed by atoms with Crippen molar-refractivity contribution in [2.45, 2.75) is 19.1 Å². The van der Waals surface area contributed by atoms with E-state index >= 15 is 0 Å². The Kier molecular flexibility index (Phi) is 3.96. The molecule has 0 bridgehead atoms. The molecule has 2 saturated heterocycles. The van der Waals surface area contributed by atoms with E-state index in [2.05, 4.69) is 14.8 Å². The molecule has 0 amide bonds. The Balaban J connectivity index is 1.67. The summed E-state index contributed by atoms with van der Waals surface area (Å²) in [6, 6.07) is 2.51. The summed E-state index contributed by atoms with van der Waals surface area (Å²) >= 11 is 0. The van der Waals surface area contributed by atoms with Crippen LogP contribution in [0, 0.1) is 0 Å². The minimum absolute atomic E-state index is 0.0799. The van der Waals surface area contributed by atoms with Gasteiger partial charge in [0.25, 0.3) is 0 Å². The highest BCUT2D eigenvalue weighted by molar-refractivity contribution is 5.52. The molecule has 19 heavy (non-hydrogen) atoms. The van der Waals surface area contributed by atoms with Crippen LogP contribution in [0.1, 0.15) is 12.0 Å². The van der Waals surface area contributed by atoms with Crippen LogP contribution in [0.2, 0.25) is 0 Å². The van der Waals surface area contributed by atoms with Crippen LogP contribution in [0.5, 0.6) is 0 Å². The molecule has 0 aliphatic carbocycles. The van der Waals surface area contributed by atoms with E-state index in [0.29, 0.717) is 6.04 Å². The second-order valence-electron chi connectivity index (χ2n) is 5.20. The smallest absolute Gasteiger partial charge is 0.0703 e. The summed E-state index contributed by atoms with van der Waals surface area (Å²) in [6.07, 6.45) is 4.79. The van der Waals surface area contributed by atoms with Gasteiger partial charge in [-0.15, -0.1) is 0 Å². The van der Waals surface area contributed by atoms with E-state index in [-0.39, 0.29) is 6.61 Å². The maximum atomic E-state index is 9.41. The number of anilines is 1. The van der Waals surface area contributed by atoms with Crippen LogP contribution in [0.15, 0.2) is 18.5 Å². The molecule has 5 heteroatoms. The number of ether oxygens (including phenoxy) is 1. The molecule has 3 rings (SSSR count). The van der Waals surface area contributed by atoms with Crippen molar-refractivity contribution in [2.75, 3.05) is 44.3 Å². The zero-order valence-electron chi connectivity index (χ0n) is 11.2. The lowest BCUT2D eigenvalue weighted by molar-refractivity contribution is 0.0209. The molecule has 0 radical (unpaired) electrons. The minimum atomic E-state index is 0.0799. The molecule has 1 atom stereocenters. The number of pyridine rings is 1. The molecule has 104 valence electrons. The molecule has 1 N–H and O–H groups in total. The Bertz CT molecular complexity index is 421. The Morgan fingerprint density at radius 1 is 1.32 bits per heavy atom. The maximum absolute atomic E-state index is 9.41. The first-order chi connectivity index (χ1) is 9.38. The normalized spacial score (nSPS) is 24.9. The van der Waals surface area contributed by atoms with Crippen molar-refractivity contribution in [3.05, 3.63) is 24.0 Å². The van der Waals surface area contributed by atoms with Crippen molar-refractivity contribution in [1.29, 1.82) is 0 Å². The van der Waals surface area contributed by atoms with E-state index in [1.807, 2.05) is 12.3 Å². The Morgan fingerprint density at radius 3 is 2.95 bits per heavy atom.